The molecule has 7 nitrogen and oxygen atoms in total. The minimum Gasteiger partial charge on any atom is -0.465 e. The zero-order valence-electron chi connectivity index (χ0n) is 16.5. The molecule has 2 aromatic carbocycles. The van der Waals surface area contributed by atoms with Crippen molar-refractivity contribution in [3.05, 3.63) is 53.2 Å². The molecule has 30 heavy (non-hydrogen) atoms. The van der Waals surface area contributed by atoms with E-state index < -0.39 is 6.09 Å². The number of likely N-dealkylation sites (tertiary alicyclic amines) is 1. The third-order valence-electron chi connectivity index (χ3n) is 5.98. The lowest BCUT2D eigenvalue weighted by Crippen LogP contribution is -2.37. The molecule has 0 unspecified atom stereocenters. The molecule has 2 N–H and O–H groups in total. The zero-order valence-corrected chi connectivity index (χ0v) is 16.5. The van der Waals surface area contributed by atoms with Gasteiger partial charge in [0, 0.05) is 24.0 Å². The highest BCUT2D eigenvalue weighted by molar-refractivity contribution is 5.89. The maximum Gasteiger partial charge on any atom is 0.407 e. The normalized spacial score (nSPS) is 14.7. The molecule has 1 fully saturated rings. The van der Waals surface area contributed by atoms with Gasteiger partial charge in [0.2, 0.25) is 0 Å². The highest BCUT2D eigenvalue weighted by Crippen LogP contribution is 2.33. The SMILES string of the molecule is N#Cc1ccc(-c2ccc3c(CCC4CCN(C(=O)O)CC4)noc3c2CO)cc1. The molecule has 4 rings (SSSR count). The fourth-order valence-electron chi connectivity index (χ4n) is 4.20. The predicted octanol–water partition coefficient (Wildman–Crippen LogP) is 4.18. The third kappa shape index (κ3) is 3.87. The second kappa shape index (κ2) is 8.56. The van der Waals surface area contributed by atoms with Crippen LogP contribution < -0.4 is 0 Å². The molecular weight excluding hydrogens is 382 g/mol. The van der Waals surface area contributed by atoms with E-state index in [2.05, 4.69) is 11.2 Å². The zero-order chi connectivity index (χ0) is 21.1. The molecule has 0 bridgehead atoms. The minimum absolute atomic E-state index is 0.172. The van der Waals surface area contributed by atoms with E-state index in [0.717, 1.165) is 47.9 Å². The average Bonchev–Trinajstić information content (AvgIpc) is 3.20. The summed E-state index contributed by atoms with van der Waals surface area (Å²) in [7, 11) is 0. The van der Waals surface area contributed by atoms with Gasteiger partial charge in [-0.3, -0.25) is 0 Å². The Labute approximate surface area is 174 Å². The highest BCUT2D eigenvalue weighted by Gasteiger charge is 2.23. The van der Waals surface area contributed by atoms with Gasteiger partial charge in [0.15, 0.2) is 5.58 Å². The Bertz CT molecular complexity index is 1090. The number of nitrogens with zero attached hydrogens (tertiary/aromatic N) is 3. The number of amides is 1. The molecule has 3 aromatic rings. The summed E-state index contributed by atoms with van der Waals surface area (Å²) >= 11 is 0. The van der Waals surface area contributed by atoms with E-state index >= 15 is 0 Å². The topological polar surface area (TPSA) is 111 Å². The number of carboxylic acid groups (broad SMARTS) is 1. The summed E-state index contributed by atoms with van der Waals surface area (Å²) < 4.78 is 5.62. The average molecular weight is 405 g/mol. The van der Waals surface area contributed by atoms with E-state index in [1.165, 1.54) is 4.90 Å². The molecule has 7 heteroatoms. The van der Waals surface area contributed by atoms with E-state index in [4.69, 9.17) is 14.9 Å². The molecular formula is C23H23N3O4. The van der Waals surface area contributed by atoms with Crippen LogP contribution in [0.15, 0.2) is 40.9 Å². The van der Waals surface area contributed by atoms with Crippen molar-refractivity contribution < 1.29 is 19.5 Å². The van der Waals surface area contributed by atoms with Crippen molar-refractivity contribution in [3.63, 3.8) is 0 Å². The third-order valence-corrected chi connectivity index (χ3v) is 5.98. The number of hydrogen-bond donors (Lipinski definition) is 2. The summed E-state index contributed by atoms with van der Waals surface area (Å²) in [6.07, 6.45) is 2.58. The molecule has 0 spiro atoms. The van der Waals surface area contributed by atoms with Crippen molar-refractivity contribution >= 4 is 17.1 Å². The van der Waals surface area contributed by atoms with Crippen molar-refractivity contribution in [2.45, 2.75) is 32.3 Å². The molecule has 1 aromatic heterocycles. The van der Waals surface area contributed by atoms with Crippen LogP contribution in [0.5, 0.6) is 0 Å². The van der Waals surface area contributed by atoms with E-state index in [1.807, 2.05) is 24.3 Å². The van der Waals surface area contributed by atoms with Crippen molar-refractivity contribution in [3.8, 4) is 17.2 Å². The number of rotatable bonds is 5. The summed E-state index contributed by atoms with van der Waals surface area (Å²) in [5.74, 6) is 0.475. The summed E-state index contributed by atoms with van der Waals surface area (Å²) in [5, 5.41) is 33.2. The quantitative estimate of drug-likeness (QED) is 0.659. The smallest absolute Gasteiger partial charge is 0.407 e. The molecule has 0 saturated carbocycles. The number of aromatic nitrogens is 1. The number of benzene rings is 2. The Morgan fingerprint density at radius 3 is 2.57 bits per heavy atom. The second-order valence-electron chi connectivity index (χ2n) is 7.70. The fraction of sp³-hybridized carbons (Fsp3) is 0.348. The van der Waals surface area contributed by atoms with Gasteiger partial charge in [0.05, 0.1) is 23.9 Å². The van der Waals surface area contributed by atoms with E-state index in [0.29, 0.717) is 35.7 Å². The summed E-state index contributed by atoms with van der Waals surface area (Å²) in [4.78, 5) is 12.5. The molecule has 1 aliphatic heterocycles. The monoisotopic (exact) mass is 405 g/mol. The van der Waals surface area contributed by atoms with Crippen LogP contribution in [-0.4, -0.2) is 39.5 Å². The fourth-order valence-corrected chi connectivity index (χ4v) is 4.20. The highest BCUT2D eigenvalue weighted by atomic mass is 16.5. The first kappa shape index (κ1) is 19.9. The first-order chi connectivity index (χ1) is 14.6. The summed E-state index contributed by atoms with van der Waals surface area (Å²) in [5.41, 5.74) is 4.50. The maximum atomic E-state index is 11.0. The van der Waals surface area contributed by atoms with Gasteiger partial charge in [-0.1, -0.05) is 23.4 Å². The van der Waals surface area contributed by atoms with Gasteiger partial charge in [-0.05, 0) is 60.9 Å². The Kier molecular flexibility index (Phi) is 5.68. The van der Waals surface area contributed by atoms with Crippen LogP contribution in [0.25, 0.3) is 22.1 Å². The van der Waals surface area contributed by atoms with Gasteiger partial charge in [-0.25, -0.2) is 4.79 Å². The van der Waals surface area contributed by atoms with Gasteiger partial charge >= 0.3 is 6.09 Å². The summed E-state index contributed by atoms with van der Waals surface area (Å²) in [6, 6.07) is 13.3. The van der Waals surface area contributed by atoms with Crippen LogP contribution in [0.3, 0.4) is 0 Å². The Balaban J connectivity index is 1.52. The molecule has 154 valence electrons. The predicted molar refractivity (Wildman–Crippen MR) is 111 cm³/mol. The minimum atomic E-state index is -0.842. The van der Waals surface area contributed by atoms with Crippen molar-refractivity contribution in [2.75, 3.05) is 13.1 Å². The molecule has 0 radical (unpaired) electrons. The molecule has 1 amide bonds. The van der Waals surface area contributed by atoms with Crippen molar-refractivity contribution in [1.29, 1.82) is 5.26 Å². The number of carbonyl (C=O) groups is 1. The van der Waals surface area contributed by atoms with Gasteiger partial charge in [-0.15, -0.1) is 0 Å². The van der Waals surface area contributed by atoms with Crippen LogP contribution >= 0.6 is 0 Å². The van der Waals surface area contributed by atoms with E-state index in [9.17, 15) is 9.90 Å². The summed E-state index contributed by atoms with van der Waals surface area (Å²) in [6.45, 7) is 0.999. The molecule has 1 aliphatic rings. The van der Waals surface area contributed by atoms with Crippen LogP contribution in [0.2, 0.25) is 0 Å². The standard InChI is InChI=1S/C23H23N3O4/c24-13-16-1-4-17(5-2-16)18-6-7-19-21(25-30-22(19)20(18)14-27)8-3-15-9-11-26(12-10-15)23(28)29/h1-2,4-7,15,27H,3,8-12,14H2,(H,28,29). The van der Waals surface area contributed by atoms with Gasteiger partial charge in [0.25, 0.3) is 0 Å². The molecule has 0 atom stereocenters. The second-order valence-corrected chi connectivity index (χ2v) is 7.70. The Morgan fingerprint density at radius 1 is 1.20 bits per heavy atom. The Morgan fingerprint density at radius 2 is 1.93 bits per heavy atom. The molecule has 2 heterocycles. The lowest BCUT2D eigenvalue weighted by molar-refractivity contribution is 0.123. The number of hydrogen-bond acceptors (Lipinski definition) is 5. The van der Waals surface area contributed by atoms with E-state index in [-0.39, 0.29) is 6.61 Å². The van der Waals surface area contributed by atoms with Crippen LogP contribution in [0, 0.1) is 17.2 Å². The Hall–Kier alpha value is -3.37. The van der Waals surface area contributed by atoms with Crippen molar-refractivity contribution in [1.82, 2.24) is 10.1 Å². The van der Waals surface area contributed by atoms with E-state index in [1.54, 1.807) is 12.1 Å². The van der Waals surface area contributed by atoms with Crippen molar-refractivity contribution in [2.24, 2.45) is 5.92 Å². The van der Waals surface area contributed by atoms with Crippen LogP contribution in [0.1, 0.15) is 36.1 Å². The number of nitriles is 1. The first-order valence-electron chi connectivity index (χ1n) is 10.1. The van der Waals surface area contributed by atoms with Gasteiger partial charge in [0.1, 0.15) is 0 Å². The number of fused-ring (bicyclic) bond motifs is 1. The lowest BCUT2D eigenvalue weighted by atomic mass is 9.91. The van der Waals surface area contributed by atoms with Crippen LogP contribution in [-0.2, 0) is 13.0 Å². The van der Waals surface area contributed by atoms with Gasteiger partial charge in [-0.2, -0.15) is 5.26 Å². The molecule has 0 aliphatic carbocycles. The number of aliphatic hydroxyl groups is 1. The largest absolute Gasteiger partial charge is 0.465 e. The van der Waals surface area contributed by atoms with Crippen LogP contribution in [0.4, 0.5) is 4.79 Å². The lowest BCUT2D eigenvalue weighted by Gasteiger charge is -2.29. The number of aliphatic hydroxyl groups excluding tert-OH is 1. The van der Waals surface area contributed by atoms with Gasteiger partial charge < -0.3 is 19.6 Å². The first-order valence-corrected chi connectivity index (χ1v) is 10.1. The number of aryl methyl sites for hydroxylation is 1. The maximum absolute atomic E-state index is 11.0. The molecule has 1 saturated heterocycles. The number of piperidine rings is 1.